The summed E-state index contributed by atoms with van der Waals surface area (Å²) >= 11 is 6.29. The number of nitrogens with zero attached hydrogens (tertiary/aromatic N) is 2. The van der Waals surface area contributed by atoms with Gasteiger partial charge in [0.1, 0.15) is 16.6 Å². The number of aromatic amines is 1. The van der Waals surface area contributed by atoms with Crippen molar-refractivity contribution >= 4 is 38.5 Å². The molecule has 7 nitrogen and oxygen atoms in total. The Kier molecular flexibility index (Phi) is 5.27. The predicted octanol–water partition coefficient (Wildman–Crippen LogP) is 3.55. The Labute approximate surface area is 169 Å². The van der Waals surface area contributed by atoms with Crippen LogP contribution in [-0.4, -0.2) is 41.7 Å². The molecule has 148 valence electrons. The van der Waals surface area contributed by atoms with Crippen molar-refractivity contribution in [1.82, 2.24) is 19.7 Å². The van der Waals surface area contributed by atoms with Crippen LogP contribution >= 0.6 is 11.6 Å². The number of hydrogen-bond donors (Lipinski definition) is 3. The number of sulfonamides is 1. The van der Waals surface area contributed by atoms with E-state index in [0.717, 1.165) is 47.8 Å². The van der Waals surface area contributed by atoms with E-state index in [9.17, 15) is 8.42 Å². The lowest BCUT2D eigenvalue weighted by molar-refractivity contribution is 0.379. The van der Waals surface area contributed by atoms with Crippen molar-refractivity contribution in [3.63, 3.8) is 0 Å². The maximum Gasteiger partial charge on any atom is 0.209 e. The molecular formula is C19H22ClN5O2S. The number of halogens is 1. The smallest absolute Gasteiger partial charge is 0.209 e. The van der Waals surface area contributed by atoms with Crippen molar-refractivity contribution in [2.45, 2.75) is 37.8 Å². The molecule has 28 heavy (non-hydrogen) atoms. The highest BCUT2D eigenvalue weighted by Crippen LogP contribution is 2.31. The Morgan fingerprint density at radius 2 is 2.00 bits per heavy atom. The predicted molar refractivity (Wildman–Crippen MR) is 112 cm³/mol. The van der Waals surface area contributed by atoms with E-state index in [1.165, 1.54) is 6.26 Å². The summed E-state index contributed by atoms with van der Waals surface area (Å²) in [5.74, 6) is 0.632. The molecule has 0 bridgehead atoms. The molecule has 0 spiro atoms. The number of H-pyrrole nitrogens is 1. The van der Waals surface area contributed by atoms with Gasteiger partial charge in [-0.1, -0.05) is 24.4 Å². The van der Waals surface area contributed by atoms with Crippen LogP contribution in [-0.2, 0) is 10.0 Å². The summed E-state index contributed by atoms with van der Waals surface area (Å²) in [7, 11) is -3.27. The SMILES string of the molecule is CS(=O)(=O)N[C@@H]1CCCC[C@@H]1Nc1cc(-c2c[nH]c3ncccc23)cc(Cl)n1. The molecule has 0 saturated heterocycles. The number of nitrogens with one attached hydrogen (secondary N) is 3. The fraction of sp³-hybridized carbons (Fsp3) is 0.368. The maximum atomic E-state index is 11.7. The van der Waals surface area contributed by atoms with E-state index < -0.39 is 10.0 Å². The van der Waals surface area contributed by atoms with Crippen molar-refractivity contribution in [3.05, 3.63) is 41.8 Å². The summed E-state index contributed by atoms with van der Waals surface area (Å²) in [5.41, 5.74) is 2.72. The van der Waals surface area contributed by atoms with E-state index in [2.05, 4.69) is 25.0 Å². The van der Waals surface area contributed by atoms with E-state index >= 15 is 0 Å². The largest absolute Gasteiger partial charge is 0.366 e. The van der Waals surface area contributed by atoms with Gasteiger partial charge in [0.15, 0.2) is 0 Å². The summed E-state index contributed by atoms with van der Waals surface area (Å²) in [4.78, 5) is 11.9. The first kappa shape index (κ1) is 19.2. The average Bonchev–Trinajstić information content (AvgIpc) is 3.06. The highest BCUT2D eigenvalue weighted by atomic mass is 35.5. The van der Waals surface area contributed by atoms with Gasteiger partial charge in [-0.25, -0.2) is 23.1 Å². The number of fused-ring (bicyclic) bond motifs is 1. The molecule has 0 amide bonds. The third kappa shape index (κ3) is 4.29. The van der Waals surface area contributed by atoms with Crippen LogP contribution < -0.4 is 10.0 Å². The van der Waals surface area contributed by atoms with E-state index in [1.54, 1.807) is 6.20 Å². The summed E-state index contributed by atoms with van der Waals surface area (Å²) in [6.45, 7) is 0. The number of rotatable bonds is 5. The fourth-order valence-electron chi connectivity index (χ4n) is 3.83. The van der Waals surface area contributed by atoms with Crippen molar-refractivity contribution in [2.75, 3.05) is 11.6 Å². The van der Waals surface area contributed by atoms with Gasteiger partial charge in [0, 0.05) is 35.4 Å². The van der Waals surface area contributed by atoms with Crippen LogP contribution in [0.5, 0.6) is 0 Å². The lowest BCUT2D eigenvalue weighted by Gasteiger charge is -2.32. The molecule has 3 aromatic rings. The highest BCUT2D eigenvalue weighted by Gasteiger charge is 2.27. The van der Waals surface area contributed by atoms with Gasteiger partial charge in [-0.2, -0.15) is 0 Å². The Morgan fingerprint density at radius 1 is 1.21 bits per heavy atom. The van der Waals surface area contributed by atoms with Gasteiger partial charge < -0.3 is 10.3 Å². The van der Waals surface area contributed by atoms with Crippen molar-refractivity contribution < 1.29 is 8.42 Å². The van der Waals surface area contributed by atoms with Gasteiger partial charge in [-0.15, -0.1) is 0 Å². The molecule has 0 aromatic carbocycles. The van der Waals surface area contributed by atoms with E-state index in [4.69, 9.17) is 11.6 Å². The molecule has 3 N–H and O–H groups in total. The van der Waals surface area contributed by atoms with Crippen LogP contribution in [0.4, 0.5) is 5.82 Å². The fourth-order valence-corrected chi connectivity index (χ4v) is 4.87. The first-order valence-corrected chi connectivity index (χ1v) is 11.5. The number of hydrogen-bond acceptors (Lipinski definition) is 5. The molecule has 3 heterocycles. The van der Waals surface area contributed by atoms with Crippen molar-refractivity contribution in [1.29, 1.82) is 0 Å². The number of anilines is 1. The van der Waals surface area contributed by atoms with Gasteiger partial charge >= 0.3 is 0 Å². The molecule has 1 aliphatic rings. The van der Waals surface area contributed by atoms with E-state index in [1.807, 2.05) is 30.5 Å². The standard InChI is InChI=1S/C19H22ClN5O2S/c1-28(26,27)25-16-7-3-2-6-15(16)23-18-10-12(9-17(20)24-18)14-11-22-19-13(14)5-4-8-21-19/h4-5,8-11,15-16,25H,2-3,6-7H2,1H3,(H,21,22)(H,23,24)/t15-,16+/m0/s1. The first-order chi connectivity index (χ1) is 13.4. The number of pyridine rings is 2. The quantitative estimate of drug-likeness (QED) is 0.549. The molecular weight excluding hydrogens is 398 g/mol. The molecule has 3 aromatic heterocycles. The van der Waals surface area contributed by atoms with Gasteiger partial charge in [-0.3, -0.25) is 0 Å². The molecule has 1 fully saturated rings. The molecule has 0 unspecified atom stereocenters. The summed E-state index contributed by atoms with van der Waals surface area (Å²) < 4.78 is 26.1. The highest BCUT2D eigenvalue weighted by molar-refractivity contribution is 7.88. The van der Waals surface area contributed by atoms with Crippen LogP contribution in [0.15, 0.2) is 36.7 Å². The zero-order chi connectivity index (χ0) is 19.7. The second kappa shape index (κ2) is 7.69. The second-order valence-corrected chi connectivity index (χ2v) is 9.36. The van der Waals surface area contributed by atoms with Gasteiger partial charge in [0.25, 0.3) is 0 Å². The molecule has 2 atom stereocenters. The molecule has 4 rings (SSSR count). The third-order valence-electron chi connectivity index (χ3n) is 5.02. The number of aromatic nitrogens is 3. The third-order valence-corrected chi connectivity index (χ3v) is 5.95. The maximum absolute atomic E-state index is 11.7. The summed E-state index contributed by atoms with van der Waals surface area (Å²) in [6, 6.07) is 7.45. The minimum absolute atomic E-state index is 0.0353. The monoisotopic (exact) mass is 419 g/mol. The van der Waals surface area contributed by atoms with Crippen LogP contribution in [0.25, 0.3) is 22.2 Å². The topological polar surface area (TPSA) is 99.8 Å². The summed E-state index contributed by atoms with van der Waals surface area (Å²) in [6.07, 6.45) is 8.55. The Morgan fingerprint density at radius 3 is 2.79 bits per heavy atom. The second-order valence-electron chi connectivity index (χ2n) is 7.20. The Bertz CT molecular complexity index is 1100. The van der Waals surface area contributed by atoms with Crippen LogP contribution in [0.2, 0.25) is 5.15 Å². The first-order valence-electron chi connectivity index (χ1n) is 9.23. The zero-order valence-electron chi connectivity index (χ0n) is 15.4. The minimum atomic E-state index is -3.27. The van der Waals surface area contributed by atoms with E-state index in [-0.39, 0.29) is 12.1 Å². The zero-order valence-corrected chi connectivity index (χ0v) is 17.0. The van der Waals surface area contributed by atoms with E-state index in [0.29, 0.717) is 11.0 Å². The molecule has 1 saturated carbocycles. The normalized spacial score (nSPS) is 20.4. The van der Waals surface area contributed by atoms with Crippen LogP contribution in [0.1, 0.15) is 25.7 Å². The molecule has 1 aliphatic carbocycles. The molecule has 0 radical (unpaired) electrons. The molecule has 0 aliphatic heterocycles. The lowest BCUT2D eigenvalue weighted by atomic mass is 9.91. The summed E-state index contributed by atoms with van der Waals surface area (Å²) in [5, 5.41) is 4.78. The van der Waals surface area contributed by atoms with Crippen molar-refractivity contribution in [2.24, 2.45) is 0 Å². The Hall–Kier alpha value is -2.16. The van der Waals surface area contributed by atoms with Crippen LogP contribution in [0, 0.1) is 0 Å². The van der Waals surface area contributed by atoms with Gasteiger partial charge in [-0.05, 0) is 42.7 Å². The average molecular weight is 420 g/mol. The lowest BCUT2D eigenvalue weighted by Crippen LogP contribution is -2.48. The van der Waals surface area contributed by atoms with Crippen molar-refractivity contribution in [3.8, 4) is 11.1 Å². The van der Waals surface area contributed by atoms with Gasteiger partial charge in [0.05, 0.1) is 6.26 Å². The Balaban J connectivity index is 1.63. The minimum Gasteiger partial charge on any atom is -0.366 e. The van der Waals surface area contributed by atoms with Crippen LogP contribution in [0.3, 0.4) is 0 Å². The van der Waals surface area contributed by atoms with Gasteiger partial charge in [0.2, 0.25) is 10.0 Å². The molecule has 9 heteroatoms.